The molecule has 0 fully saturated rings. The quantitative estimate of drug-likeness (QED) is 0.349. The molecule has 0 aliphatic rings. The van der Waals surface area contributed by atoms with Gasteiger partial charge in [0.15, 0.2) is 0 Å². The van der Waals surface area contributed by atoms with Crippen molar-refractivity contribution in [2.75, 3.05) is 6.54 Å². The van der Waals surface area contributed by atoms with Gasteiger partial charge in [0.1, 0.15) is 11.4 Å². The fraction of sp³-hybridized carbons (Fsp3) is 0.381. The van der Waals surface area contributed by atoms with Gasteiger partial charge in [0.2, 0.25) is 0 Å². The smallest absolute Gasteiger partial charge is 0.312 e. The zero-order chi connectivity index (χ0) is 21.8. The Morgan fingerprint density at radius 3 is 2.53 bits per heavy atom. The van der Waals surface area contributed by atoms with Crippen molar-refractivity contribution >= 4 is 11.6 Å². The third-order valence-corrected chi connectivity index (χ3v) is 4.98. The van der Waals surface area contributed by atoms with Crippen LogP contribution >= 0.6 is 0 Å². The van der Waals surface area contributed by atoms with Gasteiger partial charge in [-0.2, -0.15) is 10.2 Å². The van der Waals surface area contributed by atoms with E-state index in [9.17, 15) is 14.9 Å². The van der Waals surface area contributed by atoms with Gasteiger partial charge in [0.05, 0.1) is 17.2 Å². The summed E-state index contributed by atoms with van der Waals surface area (Å²) in [6, 6.07) is 9.26. The molecule has 2 heterocycles. The van der Waals surface area contributed by atoms with Crippen LogP contribution in [0.2, 0.25) is 0 Å². The fourth-order valence-electron chi connectivity index (χ4n) is 3.52. The molecule has 158 valence electrons. The standard InChI is InChI=1S/C21H26N6O3/c1-14-11-15(2)25(23-14)10-6-9-22-21(28)19-8-5-7-18(12-19)13-26-17(4)20(27(29)30)16(3)24-26/h5,7-8,11-12H,6,9-10,13H2,1-4H3,(H,22,28). The minimum Gasteiger partial charge on any atom is -0.352 e. The molecule has 30 heavy (non-hydrogen) atoms. The highest BCUT2D eigenvalue weighted by Gasteiger charge is 2.21. The van der Waals surface area contributed by atoms with Crippen LogP contribution < -0.4 is 5.32 Å². The molecular weight excluding hydrogens is 384 g/mol. The molecule has 9 nitrogen and oxygen atoms in total. The van der Waals surface area contributed by atoms with E-state index in [0.717, 1.165) is 29.9 Å². The van der Waals surface area contributed by atoms with Gasteiger partial charge in [0, 0.05) is 24.3 Å². The summed E-state index contributed by atoms with van der Waals surface area (Å²) in [6.45, 7) is 8.93. The summed E-state index contributed by atoms with van der Waals surface area (Å²) in [5.74, 6) is -0.149. The van der Waals surface area contributed by atoms with Gasteiger partial charge in [-0.05, 0) is 57.9 Å². The molecule has 9 heteroatoms. The number of rotatable bonds is 8. The number of aryl methyl sites for hydroxylation is 4. The minimum absolute atomic E-state index is 0.0338. The van der Waals surface area contributed by atoms with Crippen LogP contribution in [0, 0.1) is 37.8 Å². The molecule has 3 aromatic rings. The molecule has 1 amide bonds. The Morgan fingerprint density at radius 1 is 1.13 bits per heavy atom. The van der Waals surface area contributed by atoms with Crippen molar-refractivity contribution in [3.05, 3.63) is 74.3 Å². The van der Waals surface area contributed by atoms with Crippen molar-refractivity contribution < 1.29 is 9.72 Å². The average Bonchev–Trinajstić information content (AvgIpc) is 3.15. The summed E-state index contributed by atoms with van der Waals surface area (Å²) in [4.78, 5) is 23.3. The summed E-state index contributed by atoms with van der Waals surface area (Å²) in [7, 11) is 0. The second-order valence-corrected chi connectivity index (χ2v) is 7.39. The van der Waals surface area contributed by atoms with Crippen molar-refractivity contribution in [3.63, 3.8) is 0 Å². The van der Waals surface area contributed by atoms with Crippen molar-refractivity contribution in [2.24, 2.45) is 0 Å². The first-order valence-corrected chi connectivity index (χ1v) is 9.83. The molecule has 0 radical (unpaired) electrons. The maximum Gasteiger partial charge on any atom is 0.312 e. The maximum atomic E-state index is 12.5. The lowest BCUT2D eigenvalue weighted by molar-refractivity contribution is -0.386. The summed E-state index contributed by atoms with van der Waals surface area (Å²) < 4.78 is 3.54. The van der Waals surface area contributed by atoms with Crippen molar-refractivity contribution in [1.82, 2.24) is 24.9 Å². The van der Waals surface area contributed by atoms with Gasteiger partial charge in [0.25, 0.3) is 5.91 Å². The third-order valence-electron chi connectivity index (χ3n) is 4.98. The molecule has 0 saturated carbocycles. The van der Waals surface area contributed by atoms with Gasteiger partial charge in [-0.25, -0.2) is 0 Å². The van der Waals surface area contributed by atoms with E-state index in [1.54, 1.807) is 36.7 Å². The first-order valence-electron chi connectivity index (χ1n) is 9.83. The molecule has 0 aliphatic carbocycles. The molecule has 0 spiro atoms. The number of nitrogens with one attached hydrogen (secondary N) is 1. The van der Waals surface area contributed by atoms with Crippen molar-refractivity contribution in [3.8, 4) is 0 Å². The van der Waals surface area contributed by atoms with Crippen LogP contribution in [0.15, 0.2) is 30.3 Å². The molecule has 2 aromatic heterocycles. The van der Waals surface area contributed by atoms with Gasteiger partial charge in [-0.3, -0.25) is 24.3 Å². The van der Waals surface area contributed by atoms with Crippen LogP contribution in [0.4, 0.5) is 5.69 Å². The Morgan fingerprint density at radius 2 is 1.90 bits per heavy atom. The second-order valence-electron chi connectivity index (χ2n) is 7.39. The molecule has 0 unspecified atom stereocenters. The lowest BCUT2D eigenvalue weighted by atomic mass is 10.1. The highest BCUT2D eigenvalue weighted by atomic mass is 16.6. The van der Waals surface area contributed by atoms with Crippen LogP contribution in [-0.2, 0) is 13.1 Å². The largest absolute Gasteiger partial charge is 0.352 e. The molecule has 0 aliphatic heterocycles. The van der Waals surface area contributed by atoms with E-state index in [1.807, 2.05) is 30.7 Å². The normalized spacial score (nSPS) is 10.9. The SMILES string of the molecule is Cc1cc(C)n(CCCNC(=O)c2cccc(Cn3nc(C)c([N+](=O)[O-])c3C)c2)n1. The topological polar surface area (TPSA) is 108 Å². The van der Waals surface area contributed by atoms with E-state index in [-0.39, 0.29) is 11.6 Å². The van der Waals surface area contributed by atoms with Crippen LogP contribution in [0.1, 0.15) is 45.1 Å². The Labute approximate surface area is 174 Å². The highest BCUT2D eigenvalue weighted by molar-refractivity contribution is 5.94. The van der Waals surface area contributed by atoms with E-state index >= 15 is 0 Å². The van der Waals surface area contributed by atoms with Crippen molar-refractivity contribution in [1.29, 1.82) is 0 Å². The van der Waals surface area contributed by atoms with E-state index in [1.165, 1.54) is 0 Å². The number of nitrogens with zero attached hydrogens (tertiary/aromatic N) is 5. The van der Waals surface area contributed by atoms with Gasteiger partial charge in [-0.15, -0.1) is 0 Å². The van der Waals surface area contributed by atoms with E-state index in [2.05, 4.69) is 15.5 Å². The lowest BCUT2D eigenvalue weighted by Crippen LogP contribution is -2.25. The van der Waals surface area contributed by atoms with Crippen LogP contribution in [0.25, 0.3) is 0 Å². The molecule has 1 N–H and O–H groups in total. The van der Waals surface area contributed by atoms with Crippen LogP contribution in [-0.4, -0.2) is 36.9 Å². The Kier molecular flexibility index (Phi) is 6.29. The molecule has 3 rings (SSSR count). The summed E-state index contributed by atoms with van der Waals surface area (Å²) in [5, 5.41) is 22.8. The number of nitro groups is 1. The van der Waals surface area contributed by atoms with E-state index in [4.69, 9.17) is 0 Å². The predicted octanol–water partition coefficient (Wildman–Crippen LogP) is 3.09. The number of benzene rings is 1. The lowest BCUT2D eigenvalue weighted by Gasteiger charge is -2.09. The predicted molar refractivity (Wildman–Crippen MR) is 113 cm³/mol. The number of hydrogen-bond donors (Lipinski definition) is 1. The summed E-state index contributed by atoms with van der Waals surface area (Å²) >= 11 is 0. The van der Waals surface area contributed by atoms with Gasteiger partial charge >= 0.3 is 5.69 Å². The number of amides is 1. The van der Waals surface area contributed by atoms with Crippen LogP contribution in [0.3, 0.4) is 0 Å². The molecular formula is C21H26N6O3. The van der Waals surface area contributed by atoms with E-state index < -0.39 is 4.92 Å². The fourth-order valence-corrected chi connectivity index (χ4v) is 3.52. The monoisotopic (exact) mass is 410 g/mol. The third kappa shape index (κ3) is 4.73. The van der Waals surface area contributed by atoms with Crippen LogP contribution in [0.5, 0.6) is 0 Å². The Hall–Kier alpha value is -3.49. The molecule has 0 bridgehead atoms. The summed E-state index contributed by atoms with van der Waals surface area (Å²) in [6.07, 6.45) is 0.781. The zero-order valence-corrected chi connectivity index (χ0v) is 17.7. The van der Waals surface area contributed by atoms with Gasteiger partial charge < -0.3 is 5.32 Å². The number of hydrogen-bond acceptors (Lipinski definition) is 5. The average molecular weight is 410 g/mol. The minimum atomic E-state index is -0.413. The van der Waals surface area contributed by atoms with E-state index in [0.29, 0.717) is 30.0 Å². The number of aromatic nitrogens is 4. The Bertz CT molecular complexity index is 1080. The van der Waals surface area contributed by atoms with Crippen molar-refractivity contribution in [2.45, 2.75) is 47.2 Å². The summed E-state index contributed by atoms with van der Waals surface area (Å²) in [5.41, 5.74) is 4.41. The molecule has 0 atom stereocenters. The highest BCUT2D eigenvalue weighted by Crippen LogP contribution is 2.22. The Balaban J connectivity index is 1.59. The molecule has 0 saturated heterocycles. The number of carbonyl (C=O) groups is 1. The second kappa shape index (κ2) is 8.89. The van der Waals surface area contributed by atoms with Gasteiger partial charge in [-0.1, -0.05) is 12.1 Å². The first-order chi connectivity index (χ1) is 14.3. The maximum absolute atomic E-state index is 12.5. The zero-order valence-electron chi connectivity index (χ0n) is 17.7. The first kappa shape index (κ1) is 21.2. The molecule has 1 aromatic carbocycles. The number of carbonyl (C=O) groups excluding carboxylic acids is 1.